The zero-order chi connectivity index (χ0) is 10.6. The number of rotatable bonds is 4. The number of ether oxygens (including phenoxy) is 1. The summed E-state index contributed by atoms with van der Waals surface area (Å²) in [5.74, 6) is 0.690. The van der Waals surface area contributed by atoms with E-state index in [1.807, 2.05) is 25.3 Å². The molecule has 0 unspecified atom stereocenters. The molecule has 1 heterocycles. The van der Waals surface area contributed by atoms with E-state index in [2.05, 4.69) is 11.2 Å². The Kier molecular flexibility index (Phi) is 3.68. The van der Waals surface area contributed by atoms with E-state index >= 15 is 0 Å². The first-order valence-corrected chi connectivity index (χ1v) is 4.69. The van der Waals surface area contributed by atoms with E-state index in [-0.39, 0.29) is 12.1 Å². The molecule has 0 N–H and O–H groups in total. The largest absolute Gasteiger partial charge is 0.463 e. The van der Waals surface area contributed by atoms with Crippen LogP contribution in [0.25, 0.3) is 0 Å². The number of hydrogen-bond acceptors (Lipinski definition) is 3. The van der Waals surface area contributed by atoms with Crippen molar-refractivity contribution >= 4 is 5.97 Å². The van der Waals surface area contributed by atoms with Crippen LogP contribution >= 0.6 is 0 Å². The number of esters is 1. The first-order valence-electron chi connectivity index (χ1n) is 4.69. The molecule has 1 aromatic rings. The number of nitrogens with zero attached hydrogens (tertiary/aromatic N) is 2. The van der Waals surface area contributed by atoms with Gasteiger partial charge in [-0.1, -0.05) is 0 Å². The van der Waals surface area contributed by atoms with Gasteiger partial charge in [0.1, 0.15) is 12.0 Å². The summed E-state index contributed by atoms with van der Waals surface area (Å²) < 4.78 is 6.88. The molecule has 77 valence electrons. The van der Waals surface area contributed by atoms with Crippen LogP contribution < -0.4 is 0 Å². The first kappa shape index (κ1) is 10.8. The normalized spacial score (nSPS) is 10.6. The molecule has 1 rings (SSSR count). The Morgan fingerprint density at radius 2 is 2.43 bits per heavy atom. The molecule has 0 atom stereocenters. The molecule has 0 aliphatic rings. The minimum absolute atomic E-state index is 0.0436. The molecule has 1 radical (unpaired) electrons. The molecule has 0 amide bonds. The highest BCUT2D eigenvalue weighted by molar-refractivity contribution is 5.69. The van der Waals surface area contributed by atoms with Gasteiger partial charge in [0.05, 0.1) is 12.5 Å². The lowest BCUT2D eigenvalue weighted by molar-refractivity contribution is -0.147. The van der Waals surface area contributed by atoms with Crippen molar-refractivity contribution < 1.29 is 9.53 Å². The molecule has 0 aromatic carbocycles. The lowest BCUT2D eigenvalue weighted by Crippen LogP contribution is -2.14. The van der Waals surface area contributed by atoms with Gasteiger partial charge in [-0.25, -0.2) is 4.98 Å². The summed E-state index contributed by atoms with van der Waals surface area (Å²) in [5, 5.41) is 0. The summed E-state index contributed by atoms with van der Waals surface area (Å²) in [4.78, 5) is 15.1. The summed E-state index contributed by atoms with van der Waals surface area (Å²) in [7, 11) is 0. The molecule has 0 aliphatic carbocycles. The molecular weight excluding hydrogens is 180 g/mol. The van der Waals surface area contributed by atoms with E-state index in [9.17, 15) is 4.79 Å². The third-order valence-electron chi connectivity index (χ3n) is 1.78. The minimum atomic E-state index is -0.173. The maximum atomic E-state index is 11.2. The first-order chi connectivity index (χ1) is 6.59. The Labute approximate surface area is 83.9 Å². The van der Waals surface area contributed by atoms with Gasteiger partial charge >= 0.3 is 5.97 Å². The molecular formula is C10H15N2O2. The van der Waals surface area contributed by atoms with E-state index in [0.29, 0.717) is 13.0 Å². The van der Waals surface area contributed by atoms with Gasteiger partial charge in [-0.2, -0.15) is 0 Å². The maximum Gasteiger partial charge on any atom is 0.307 e. The lowest BCUT2D eigenvalue weighted by Gasteiger charge is -2.08. The van der Waals surface area contributed by atoms with Crippen molar-refractivity contribution in [2.45, 2.75) is 39.8 Å². The van der Waals surface area contributed by atoms with Gasteiger partial charge < -0.3 is 9.30 Å². The number of imidazole rings is 1. The van der Waals surface area contributed by atoms with Crippen LogP contribution in [0.5, 0.6) is 0 Å². The number of hydrogen-bond donors (Lipinski definition) is 0. The molecule has 4 heteroatoms. The van der Waals surface area contributed by atoms with Crippen LogP contribution in [0.3, 0.4) is 0 Å². The summed E-state index contributed by atoms with van der Waals surface area (Å²) >= 11 is 0. The van der Waals surface area contributed by atoms with Gasteiger partial charge in [0.2, 0.25) is 0 Å². The average Bonchev–Trinajstić information content (AvgIpc) is 2.46. The van der Waals surface area contributed by atoms with Crippen LogP contribution in [-0.4, -0.2) is 21.6 Å². The maximum absolute atomic E-state index is 11.2. The van der Waals surface area contributed by atoms with Crippen LogP contribution in [-0.2, 0) is 16.1 Å². The fourth-order valence-electron chi connectivity index (χ4n) is 1.11. The number of carbonyl (C=O) groups is 1. The SMILES string of the molecule is Cc1n[c]cn1CCC(=O)OC(C)C. The van der Waals surface area contributed by atoms with Crippen LogP contribution in [0.15, 0.2) is 6.20 Å². The summed E-state index contributed by atoms with van der Waals surface area (Å²) in [6.45, 7) is 6.17. The number of aromatic nitrogens is 2. The Morgan fingerprint density at radius 1 is 1.71 bits per heavy atom. The van der Waals surface area contributed by atoms with Crippen LogP contribution in [0.1, 0.15) is 26.1 Å². The standard InChI is InChI=1S/C10H15N2O2/c1-8(2)14-10(13)4-6-12-7-5-11-9(12)3/h7-8H,4,6H2,1-3H3. The third kappa shape index (κ3) is 3.20. The van der Waals surface area contributed by atoms with Gasteiger partial charge in [-0.05, 0) is 20.8 Å². The highest BCUT2D eigenvalue weighted by atomic mass is 16.5. The molecule has 1 aromatic heterocycles. The van der Waals surface area contributed by atoms with E-state index < -0.39 is 0 Å². The van der Waals surface area contributed by atoms with Crippen molar-refractivity contribution in [2.75, 3.05) is 0 Å². The highest BCUT2D eigenvalue weighted by Gasteiger charge is 2.06. The molecule has 0 aliphatic heterocycles. The Morgan fingerprint density at radius 3 is 2.93 bits per heavy atom. The fraction of sp³-hybridized carbons (Fsp3) is 0.600. The quantitative estimate of drug-likeness (QED) is 0.681. The summed E-state index contributed by atoms with van der Waals surface area (Å²) in [6.07, 6.45) is 4.79. The van der Waals surface area contributed by atoms with Gasteiger partial charge in [0.15, 0.2) is 0 Å². The van der Waals surface area contributed by atoms with E-state index in [1.54, 1.807) is 6.20 Å². The summed E-state index contributed by atoms with van der Waals surface area (Å²) in [6, 6.07) is 0. The average molecular weight is 195 g/mol. The van der Waals surface area contributed by atoms with Crippen LogP contribution in [0.2, 0.25) is 0 Å². The zero-order valence-electron chi connectivity index (χ0n) is 8.78. The van der Waals surface area contributed by atoms with Gasteiger partial charge in [0, 0.05) is 12.7 Å². The van der Waals surface area contributed by atoms with Crippen molar-refractivity contribution in [3.8, 4) is 0 Å². The second-order valence-electron chi connectivity index (χ2n) is 3.40. The molecule has 0 bridgehead atoms. The van der Waals surface area contributed by atoms with Crippen molar-refractivity contribution in [1.29, 1.82) is 0 Å². The van der Waals surface area contributed by atoms with E-state index in [4.69, 9.17) is 4.74 Å². The molecule has 0 fully saturated rings. The van der Waals surface area contributed by atoms with Crippen molar-refractivity contribution in [1.82, 2.24) is 9.55 Å². The second kappa shape index (κ2) is 4.79. The third-order valence-corrected chi connectivity index (χ3v) is 1.78. The van der Waals surface area contributed by atoms with Gasteiger partial charge in [-0.3, -0.25) is 4.79 Å². The number of carbonyl (C=O) groups excluding carboxylic acids is 1. The Bertz CT molecular complexity index is 305. The zero-order valence-corrected chi connectivity index (χ0v) is 8.78. The molecule has 0 spiro atoms. The van der Waals surface area contributed by atoms with Crippen molar-refractivity contribution in [3.05, 3.63) is 18.2 Å². The Hall–Kier alpha value is -1.32. The van der Waals surface area contributed by atoms with Crippen LogP contribution in [0, 0.1) is 13.1 Å². The van der Waals surface area contributed by atoms with E-state index in [1.165, 1.54) is 0 Å². The number of aryl methyl sites for hydroxylation is 2. The predicted molar refractivity (Wildman–Crippen MR) is 51.6 cm³/mol. The molecule has 0 saturated heterocycles. The highest BCUT2D eigenvalue weighted by Crippen LogP contribution is 1.99. The molecule has 0 saturated carbocycles. The van der Waals surface area contributed by atoms with Gasteiger partial charge in [0.25, 0.3) is 0 Å². The van der Waals surface area contributed by atoms with Crippen LogP contribution in [0.4, 0.5) is 0 Å². The van der Waals surface area contributed by atoms with E-state index in [0.717, 1.165) is 5.82 Å². The molecule has 14 heavy (non-hydrogen) atoms. The molecule has 4 nitrogen and oxygen atoms in total. The smallest absolute Gasteiger partial charge is 0.307 e. The fourth-order valence-corrected chi connectivity index (χ4v) is 1.11. The topological polar surface area (TPSA) is 44.1 Å². The van der Waals surface area contributed by atoms with Crippen molar-refractivity contribution in [3.63, 3.8) is 0 Å². The van der Waals surface area contributed by atoms with Crippen molar-refractivity contribution in [2.24, 2.45) is 0 Å². The lowest BCUT2D eigenvalue weighted by atomic mass is 10.4. The van der Waals surface area contributed by atoms with Gasteiger partial charge in [-0.15, -0.1) is 0 Å². The predicted octanol–water partition coefficient (Wildman–Crippen LogP) is 1.33. The Balaban J connectivity index is 2.34. The summed E-state index contributed by atoms with van der Waals surface area (Å²) in [5.41, 5.74) is 0. The second-order valence-corrected chi connectivity index (χ2v) is 3.40. The monoisotopic (exact) mass is 195 g/mol. The minimum Gasteiger partial charge on any atom is -0.463 e.